The van der Waals surface area contributed by atoms with Crippen LogP contribution in [0, 0.1) is 5.92 Å². The molecule has 0 spiro atoms. The van der Waals surface area contributed by atoms with E-state index in [0.717, 1.165) is 18.9 Å². The van der Waals surface area contributed by atoms with Crippen molar-refractivity contribution in [2.75, 3.05) is 13.1 Å². The van der Waals surface area contributed by atoms with E-state index >= 15 is 0 Å². The van der Waals surface area contributed by atoms with Gasteiger partial charge in [0.15, 0.2) is 0 Å². The molecule has 1 aliphatic carbocycles. The van der Waals surface area contributed by atoms with E-state index < -0.39 is 17.6 Å². The van der Waals surface area contributed by atoms with E-state index in [4.69, 9.17) is 0 Å². The van der Waals surface area contributed by atoms with Gasteiger partial charge in [0.05, 0.1) is 11.1 Å². The Morgan fingerprint density at radius 3 is 2.25 bits per heavy atom. The molecule has 1 aliphatic heterocycles. The van der Waals surface area contributed by atoms with Crippen molar-refractivity contribution in [2.24, 2.45) is 5.92 Å². The lowest BCUT2D eigenvalue weighted by Crippen LogP contribution is -2.47. The van der Waals surface area contributed by atoms with Crippen LogP contribution in [-0.2, 0) is 11.0 Å². The van der Waals surface area contributed by atoms with Gasteiger partial charge in [-0.15, -0.1) is 0 Å². The largest absolute Gasteiger partial charge is 0.417 e. The van der Waals surface area contributed by atoms with Gasteiger partial charge in [-0.3, -0.25) is 9.59 Å². The van der Waals surface area contributed by atoms with Crippen LogP contribution >= 0.6 is 0 Å². The fourth-order valence-electron chi connectivity index (χ4n) is 2.98. The first-order valence-corrected chi connectivity index (χ1v) is 8.12. The maximum absolute atomic E-state index is 13.0. The highest BCUT2D eigenvalue weighted by Gasteiger charge is 2.37. The summed E-state index contributed by atoms with van der Waals surface area (Å²) in [5.74, 6) is -0.416. The number of amides is 2. The normalized spacial score (nSPS) is 19.2. The monoisotopic (exact) mass is 340 g/mol. The molecule has 24 heavy (non-hydrogen) atoms. The predicted molar refractivity (Wildman–Crippen MR) is 81.2 cm³/mol. The molecule has 0 aromatic heterocycles. The number of alkyl halides is 3. The number of hydrogen-bond acceptors (Lipinski definition) is 2. The Labute approximate surface area is 138 Å². The van der Waals surface area contributed by atoms with Crippen LogP contribution in [0.2, 0.25) is 0 Å². The Morgan fingerprint density at radius 1 is 1.04 bits per heavy atom. The zero-order valence-electron chi connectivity index (χ0n) is 13.1. The summed E-state index contributed by atoms with van der Waals surface area (Å²) in [4.78, 5) is 25.6. The molecule has 2 fully saturated rings. The Hall–Kier alpha value is -2.05. The summed E-state index contributed by atoms with van der Waals surface area (Å²) in [6.07, 6.45) is -1.56. The van der Waals surface area contributed by atoms with E-state index in [-0.39, 0.29) is 23.4 Å². The van der Waals surface area contributed by atoms with Crippen LogP contribution in [0.1, 0.15) is 41.6 Å². The van der Waals surface area contributed by atoms with E-state index in [2.05, 4.69) is 5.32 Å². The molecule has 0 radical (unpaired) electrons. The average Bonchev–Trinajstić information content (AvgIpc) is 3.39. The van der Waals surface area contributed by atoms with Crippen LogP contribution in [0.5, 0.6) is 0 Å². The third-order valence-electron chi connectivity index (χ3n) is 4.54. The number of benzene rings is 1. The Morgan fingerprint density at radius 2 is 1.67 bits per heavy atom. The lowest BCUT2D eigenvalue weighted by atomic mass is 10.0. The number of nitrogens with one attached hydrogen (secondary N) is 1. The number of likely N-dealkylation sites (tertiary alicyclic amines) is 1. The van der Waals surface area contributed by atoms with Crippen LogP contribution in [0.15, 0.2) is 24.3 Å². The van der Waals surface area contributed by atoms with Crippen molar-refractivity contribution in [1.29, 1.82) is 0 Å². The SMILES string of the molecule is O=C(NC1CCN(C(=O)c2ccccc2C(F)(F)F)CC1)C1CC1. The molecule has 7 heteroatoms. The molecule has 0 bridgehead atoms. The quantitative estimate of drug-likeness (QED) is 0.920. The van der Waals surface area contributed by atoms with Gasteiger partial charge in [0.25, 0.3) is 5.91 Å². The van der Waals surface area contributed by atoms with Gasteiger partial charge in [0, 0.05) is 25.0 Å². The number of hydrogen-bond donors (Lipinski definition) is 1. The smallest absolute Gasteiger partial charge is 0.353 e. The van der Waals surface area contributed by atoms with Gasteiger partial charge in [-0.1, -0.05) is 12.1 Å². The van der Waals surface area contributed by atoms with Crippen LogP contribution in [-0.4, -0.2) is 35.8 Å². The second-order valence-corrected chi connectivity index (χ2v) is 6.39. The maximum atomic E-state index is 13.0. The van der Waals surface area contributed by atoms with Gasteiger partial charge >= 0.3 is 6.18 Å². The number of carbonyl (C=O) groups excluding carboxylic acids is 2. The first kappa shape index (κ1) is 16.8. The highest BCUT2D eigenvalue weighted by molar-refractivity contribution is 5.96. The van der Waals surface area contributed by atoms with Gasteiger partial charge < -0.3 is 10.2 Å². The highest BCUT2D eigenvalue weighted by Crippen LogP contribution is 2.33. The molecule has 3 rings (SSSR count). The molecule has 1 N–H and O–H groups in total. The summed E-state index contributed by atoms with van der Waals surface area (Å²) in [6.45, 7) is 0.696. The fourth-order valence-corrected chi connectivity index (χ4v) is 2.98. The number of piperidine rings is 1. The van der Waals surface area contributed by atoms with Crippen molar-refractivity contribution in [3.63, 3.8) is 0 Å². The molecule has 130 valence electrons. The topological polar surface area (TPSA) is 49.4 Å². The van der Waals surface area contributed by atoms with Crippen molar-refractivity contribution in [2.45, 2.75) is 37.9 Å². The molecule has 4 nitrogen and oxygen atoms in total. The predicted octanol–water partition coefficient (Wildman–Crippen LogP) is 2.84. The zero-order valence-corrected chi connectivity index (χ0v) is 13.1. The van der Waals surface area contributed by atoms with E-state index in [1.807, 2.05) is 0 Å². The van der Waals surface area contributed by atoms with E-state index in [9.17, 15) is 22.8 Å². The first-order valence-electron chi connectivity index (χ1n) is 8.12. The first-order chi connectivity index (χ1) is 11.4. The molecule has 2 aliphatic rings. The number of carbonyl (C=O) groups is 2. The summed E-state index contributed by atoms with van der Waals surface area (Å²) in [5.41, 5.74) is -1.22. The molecule has 1 saturated carbocycles. The summed E-state index contributed by atoms with van der Waals surface area (Å²) >= 11 is 0. The minimum Gasteiger partial charge on any atom is -0.353 e. The van der Waals surface area contributed by atoms with Crippen LogP contribution in [0.3, 0.4) is 0 Å². The standard InChI is InChI=1S/C17H19F3N2O2/c18-17(19,20)14-4-2-1-3-13(14)16(24)22-9-7-12(8-10-22)21-15(23)11-5-6-11/h1-4,11-12H,5-10H2,(H,21,23). The summed E-state index contributed by atoms with van der Waals surface area (Å²) < 4.78 is 39.1. The fraction of sp³-hybridized carbons (Fsp3) is 0.529. The molecule has 1 aromatic carbocycles. The minimum absolute atomic E-state index is 0.00000915. The van der Waals surface area contributed by atoms with Crippen molar-refractivity contribution in [1.82, 2.24) is 10.2 Å². The van der Waals surface area contributed by atoms with E-state index in [1.165, 1.54) is 23.1 Å². The number of nitrogens with zero attached hydrogens (tertiary/aromatic N) is 1. The summed E-state index contributed by atoms with van der Waals surface area (Å²) in [5, 5.41) is 2.96. The summed E-state index contributed by atoms with van der Waals surface area (Å²) in [6, 6.07) is 4.85. The van der Waals surface area contributed by atoms with E-state index in [0.29, 0.717) is 25.9 Å². The molecule has 1 heterocycles. The second kappa shape index (κ2) is 6.45. The van der Waals surface area contributed by atoms with Crippen LogP contribution in [0.4, 0.5) is 13.2 Å². The van der Waals surface area contributed by atoms with E-state index in [1.54, 1.807) is 0 Å². The second-order valence-electron chi connectivity index (χ2n) is 6.39. The van der Waals surface area contributed by atoms with Crippen molar-refractivity contribution < 1.29 is 22.8 Å². The number of halogens is 3. The molecular weight excluding hydrogens is 321 g/mol. The average molecular weight is 340 g/mol. The zero-order chi connectivity index (χ0) is 17.3. The molecule has 0 atom stereocenters. The Bertz CT molecular complexity index is 633. The lowest BCUT2D eigenvalue weighted by Gasteiger charge is -2.33. The third kappa shape index (κ3) is 3.71. The molecule has 1 aromatic rings. The highest BCUT2D eigenvalue weighted by atomic mass is 19.4. The molecule has 0 unspecified atom stereocenters. The van der Waals surface area contributed by atoms with Gasteiger partial charge in [0.2, 0.25) is 5.91 Å². The van der Waals surface area contributed by atoms with Crippen LogP contribution in [0.25, 0.3) is 0 Å². The molecule has 1 saturated heterocycles. The van der Waals surface area contributed by atoms with Gasteiger partial charge in [-0.2, -0.15) is 13.2 Å². The van der Waals surface area contributed by atoms with Gasteiger partial charge in [-0.05, 0) is 37.8 Å². The lowest BCUT2D eigenvalue weighted by molar-refractivity contribution is -0.138. The van der Waals surface area contributed by atoms with Crippen molar-refractivity contribution in [3.8, 4) is 0 Å². The Kier molecular flexibility index (Phi) is 4.51. The maximum Gasteiger partial charge on any atom is 0.417 e. The number of rotatable bonds is 3. The molecular formula is C17H19F3N2O2. The minimum atomic E-state index is -4.55. The van der Waals surface area contributed by atoms with Gasteiger partial charge in [-0.25, -0.2) is 0 Å². The Balaban J connectivity index is 1.62. The van der Waals surface area contributed by atoms with Crippen molar-refractivity contribution in [3.05, 3.63) is 35.4 Å². The van der Waals surface area contributed by atoms with Gasteiger partial charge in [0.1, 0.15) is 0 Å². The third-order valence-corrected chi connectivity index (χ3v) is 4.54. The van der Waals surface area contributed by atoms with Crippen LogP contribution < -0.4 is 5.32 Å². The summed E-state index contributed by atoms with van der Waals surface area (Å²) in [7, 11) is 0. The van der Waals surface area contributed by atoms with Crippen molar-refractivity contribution >= 4 is 11.8 Å². The molecule has 2 amide bonds.